The van der Waals surface area contributed by atoms with Crippen molar-refractivity contribution in [2.75, 3.05) is 38.0 Å². The normalized spacial score (nSPS) is 22.1. The highest BCUT2D eigenvalue weighted by Crippen LogP contribution is 2.22. The van der Waals surface area contributed by atoms with Gasteiger partial charge in [-0.05, 0) is 70.8 Å². The first-order chi connectivity index (χ1) is 11.2. The Morgan fingerprint density at radius 1 is 1.22 bits per heavy atom. The lowest BCUT2D eigenvalue weighted by Crippen LogP contribution is -2.47. The van der Waals surface area contributed by atoms with E-state index in [1.54, 1.807) is 18.5 Å². The van der Waals surface area contributed by atoms with Crippen molar-refractivity contribution in [2.24, 2.45) is 5.92 Å². The number of nitrogens with one attached hydrogen (secondary N) is 1. The summed E-state index contributed by atoms with van der Waals surface area (Å²) in [6.45, 7) is 7.77. The van der Waals surface area contributed by atoms with E-state index in [4.69, 9.17) is 0 Å². The number of likely N-dealkylation sites (tertiary alicyclic amines) is 2. The summed E-state index contributed by atoms with van der Waals surface area (Å²) in [4.78, 5) is 25.3. The van der Waals surface area contributed by atoms with Crippen molar-refractivity contribution in [3.8, 4) is 0 Å². The van der Waals surface area contributed by atoms with Gasteiger partial charge >= 0.3 is 0 Å². The first-order valence-corrected chi connectivity index (χ1v) is 8.76. The van der Waals surface area contributed by atoms with Crippen LogP contribution >= 0.6 is 0 Å². The van der Waals surface area contributed by atoms with Gasteiger partial charge < -0.3 is 4.90 Å². The van der Waals surface area contributed by atoms with E-state index in [0.717, 1.165) is 19.0 Å². The van der Waals surface area contributed by atoms with Gasteiger partial charge in [0.25, 0.3) is 0 Å². The van der Waals surface area contributed by atoms with Crippen molar-refractivity contribution in [1.29, 1.82) is 0 Å². The number of hydrogen-bond donors (Lipinski definition) is 1. The number of carbonyl (C=O) groups is 1. The van der Waals surface area contributed by atoms with Crippen LogP contribution < -0.4 is 5.32 Å². The minimum atomic E-state index is -0.133. The Labute approximate surface area is 138 Å². The SMILES string of the molecule is C[C@H](C(=O)Nc1ncccn1)N1CCC(CN2CCCC2)CC1. The Bertz CT molecular complexity index is 495. The Kier molecular flexibility index (Phi) is 5.56. The number of anilines is 1. The second-order valence-electron chi connectivity index (χ2n) is 6.72. The van der Waals surface area contributed by atoms with Crippen molar-refractivity contribution in [3.05, 3.63) is 18.5 Å². The molecule has 2 aliphatic rings. The molecule has 0 bridgehead atoms. The minimum Gasteiger partial charge on any atom is -0.303 e. The summed E-state index contributed by atoms with van der Waals surface area (Å²) in [5.74, 6) is 1.15. The second kappa shape index (κ2) is 7.84. The van der Waals surface area contributed by atoms with Gasteiger partial charge in [0.1, 0.15) is 0 Å². The van der Waals surface area contributed by atoms with Gasteiger partial charge in [-0.15, -0.1) is 0 Å². The first-order valence-electron chi connectivity index (χ1n) is 8.76. The Morgan fingerprint density at radius 2 is 1.87 bits per heavy atom. The molecule has 0 saturated carbocycles. The third kappa shape index (κ3) is 4.48. The maximum absolute atomic E-state index is 12.3. The molecule has 0 aromatic carbocycles. The molecular formula is C17H27N5O. The highest BCUT2D eigenvalue weighted by atomic mass is 16.2. The highest BCUT2D eigenvalue weighted by molar-refractivity contribution is 5.93. The number of rotatable bonds is 5. The highest BCUT2D eigenvalue weighted by Gasteiger charge is 2.28. The average molecular weight is 317 g/mol. The van der Waals surface area contributed by atoms with Crippen LogP contribution in [0.1, 0.15) is 32.6 Å². The summed E-state index contributed by atoms with van der Waals surface area (Å²) in [7, 11) is 0. The molecule has 0 radical (unpaired) electrons. The third-order valence-electron chi connectivity index (χ3n) is 5.09. The zero-order chi connectivity index (χ0) is 16.1. The Balaban J connectivity index is 1.44. The number of hydrogen-bond acceptors (Lipinski definition) is 5. The van der Waals surface area contributed by atoms with Crippen molar-refractivity contribution >= 4 is 11.9 Å². The van der Waals surface area contributed by atoms with Crippen molar-refractivity contribution in [3.63, 3.8) is 0 Å². The fourth-order valence-electron chi connectivity index (χ4n) is 3.60. The van der Waals surface area contributed by atoms with E-state index in [9.17, 15) is 4.79 Å². The molecule has 1 aromatic rings. The van der Waals surface area contributed by atoms with E-state index < -0.39 is 0 Å². The lowest BCUT2D eigenvalue weighted by Gasteiger charge is -2.36. The maximum atomic E-state index is 12.3. The van der Waals surface area contributed by atoms with Crippen LogP contribution in [-0.4, -0.2) is 64.4 Å². The molecule has 23 heavy (non-hydrogen) atoms. The largest absolute Gasteiger partial charge is 0.303 e. The van der Waals surface area contributed by atoms with Crippen LogP contribution in [-0.2, 0) is 4.79 Å². The monoisotopic (exact) mass is 317 g/mol. The number of piperidine rings is 1. The van der Waals surface area contributed by atoms with Gasteiger partial charge in [0.2, 0.25) is 11.9 Å². The first kappa shape index (κ1) is 16.3. The van der Waals surface area contributed by atoms with E-state index in [-0.39, 0.29) is 11.9 Å². The molecule has 3 heterocycles. The Morgan fingerprint density at radius 3 is 2.52 bits per heavy atom. The number of amides is 1. The van der Waals surface area contributed by atoms with Gasteiger partial charge in [-0.25, -0.2) is 9.97 Å². The maximum Gasteiger partial charge on any atom is 0.243 e. The molecular weight excluding hydrogens is 290 g/mol. The van der Waals surface area contributed by atoms with E-state index in [1.807, 2.05) is 6.92 Å². The van der Waals surface area contributed by atoms with Crippen LogP contribution in [0.2, 0.25) is 0 Å². The number of carbonyl (C=O) groups excluding carboxylic acids is 1. The lowest BCUT2D eigenvalue weighted by molar-refractivity contribution is -0.121. The van der Waals surface area contributed by atoms with Gasteiger partial charge in [0.15, 0.2) is 0 Å². The molecule has 0 spiro atoms. The van der Waals surface area contributed by atoms with Crippen LogP contribution in [0, 0.1) is 5.92 Å². The van der Waals surface area contributed by atoms with Crippen LogP contribution in [0.25, 0.3) is 0 Å². The van der Waals surface area contributed by atoms with Crippen LogP contribution in [0.5, 0.6) is 0 Å². The van der Waals surface area contributed by atoms with Crippen LogP contribution in [0.15, 0.2) is 18.5 Å². The summed E-state index contributed by atoms with van der Waals surface area (Å²) >= 11 is 0. The molecule has 2 aliphatic heterocycles. The fraction of sp³-hybridized carbons (Fsp3) is 0.706. The van der Waals surface area contributed by atoms with Crippen molar-refractivity contribution in [2.45, 2.75) is 38.6 Å². The zero-order valence-corrected chi connectivity index (χ0v) is 13.9. The molecule has 1 aromatic heterocycles. The van der Waals surface area contributed by atoms with Gasteiger partial charge in [-0.2, -0.15) is 0 Å². The minimum absolute atomic E-state index is 0.0193. The predicted octanol–water partition coefficient (Wildman–Crippen LogP) is 1.61. The molecule has 6 nitrogen and oxygen atoms in total. The second-order valence-corrected chi connectivity index (χ2v) is 6.72. The van der Waals surface area contributed by atoms with Gasteiger partial charge in [0, 0.05) is 18.9 Å². The molecule has 3 rings (SSSR count). The summed E-state index contributed by atoms with van der Waals surface area (Å²) in [5, 5.41) is 2.80. The van der Waals surface area contributed by atoms with Crippen molar-refractivity contribution < 1.29 is 4.79 Å². The average Bonchev–Trinajstić information content (AvgIpc) is 3.09. The summed E-state index contributed by atoms with van der Waals surface area (Å²) in [6.07, 6.45) is 8.37. The third-order valence-corrected chi connectivity index (χ3v) is 5.09. The molecule has 0 unspecified atom stereocenters. The van der Waals surface area contributed by atoms with Crippen LogP contribution in [0.3, 0.4) is 0 Å². The quantitative estimate of drug-likeness (QED) is 0.894. The lowest BCUT2D eigenvalue weighted by atomic mass is 9.95. The standard InChI is InChI=1S/C17H27N5O/c1-14(16(23)20-17-18-7-4-8-19-17)22-11-5-15(6-12-22)13-21-9-2-3-10-21/h4,7-8,14-15H,2-3,5-6,9-13H2,1H3,(H,18,19,20,23)/t14-/m1/s1. The molecule has 0 aliphatic carbocycles. The molecule has 2 saturated heterocycles. The molecule has 1 atom stereocenters. The topological polar surface area (TPSA) is 61.4 Å². The van der Waals surface area contributed by atoms with Crippen LogP contribution in [0.4, 0.5) is 5.95 Å². The molecule has 1 amide bonds. The molecule has 126 valence electrons. The number of nitrogens with zero attached hydrogens (tertiary/aromatic N) is 4. The molecule has 6 heteroatoms. The summed E-state index contributed by atoms with van der Waals surface area (Å²) in [5.41, 5.74) is 0. The van der Waals surface area contributed by atoms with E-state index in [1.165, 1.54) is 45.3 Å². The Hall–Kier alpha value is -1.53. The summed E-state index contributed by atoms with van der Waals surface area (Å²) < 4.78 is 0. The van der Waals surface area contributed by atoms with Gasteiger partial charge in [0.05, 0.1) is 6.04 Å². The predicted molar refractivity (Wildman–Crippen MR) is 90.1 cm³/mol. The fourth-order valence-corrected chi connectivity index (χ4v) is 3.60. The summed E-state index contributed by atoms with van der Waals surface area (Å²) in [6, 6.07) is 1.61. The van der Waals surface area contributed by atoms with Gasteiger partial charge in [-0.1, -0.05) is 0 Å². The smallest absolute Gasteiger partial charge is 0.243 e. The van der Waals surface area contributed by atoms with E-state index >= 15 is 0 Å². The molecule has 1 N–H and O–H groups in total. The van der Waals surface area contributed by atoms with Crippen molar-refractivity contribution in [1.82, 2.24) is 19.8 Å². The van der Waals surface area contributed by atoms with E-state index in [2.05, 4.69) is 25.1 Å². The zero-order valence-electron chi connectivity index (χ0n) is 13.9. The number of aromatic nitrogens is 2. The molecule has 2 fully saturated rings. The van der Waals surface area contributed by atoms with E-state index in [0.29, 0.717) is 5.95 Å². The van der Waals surface area contributed by atoms with Gasteiger partial charge in [-0.3, -0.25) is 15.0 Å².